The van der Waals surface area contributed by atoms with Gasteiger partial charge in [0.15, 0.2) is 0 Å². The van der Waals surface area contributed by atoms with Crippen LogP contribution in [-0.4, -0.2) is 25.8 Å². The summed E-state index contributed by atoms with van der Waals surface area (Å²) in [5.74, 6) is 0. The number of hydrogen-bond donors (Lipinski definition) is 1. The molecule has 0 amide bonds. The number of ether oxygens (including phenoxy) is 1. The van der Waals surface area contributed by atoms with E-state index in [4.69, 9.17) is 16.3 Å². The number of halogens is 1. The number of aryl methyl sites for hydroxylation is 1. The summed E-state index contributed by atoms with van der Waals surface area (Å²) in [6, 6.07) is 6.60. The Labute approximate surface area is 114 Å². The van der Waals surface area contributed by atoms with E-state index in [0.29, 0.717) is 6.04 Å². The molecule has 2 nitrogen and oxygen atoms in total. The standard InChI is InChI=1S/C15H20ClNO/c1-11-3-4-13(15(16)9-11)7-12(2)8-14-10-18-6-5-17-14/h3-4,7,9,14,17H,5-6,8,10H2,1-2H3/b12-7-. The van der Waals surface area contributed by atoms with Gasteiger partial charge in [-0.25, -0.2) is 0 Å². The summed E-state index contributed by atoms with van der Waals surface area (Å²) >= 11 is 6.23. The van der Waals surface area contributed by atoms with Crippen LogP contribution in [-0.2, 0) is 4.74 Å². The van der Waals surface area contributed by atoms with Gasteiger partial charge in [0.25, 0.3) is 0 Å². The Hall–Kier alpha value is -0.830. The first-order valence-corrected chi connectivity index (χ1v) is 6.77. The molecule has 98 valence electrons. The van der Waals surface area contributed by atoms with Crippen molar-refractivity contribution in [2.45, 2.75) is 26.3 Å². The van der Waals surface area contributed by atoms with Crippen LogP contribution in [0.5, 0.6) is 0 Å². The second-order valence-electron chi connectivity index (χ2n) is 4.95. The zero-order valence-corrected chi connectivity index (χ0v) is 11.8. The van der Waals surface area contributed by atoms with Crippen molar-refractivity contribution in [2.75, 3.05) is 19.8 Å². The predicted molar refractivity (Wildman–Crippen MR) is 77.1 cm³/mol. The van der Waals surface area contributed by atoms with Crippen molar-refractivity contribution in [2.24, 2.45) is 0 Å². The van der Waals surface area contributed by atoms with Crippen LogP contribution < -0.4 is 5.32 Å². The van der Waals surface area contributed by atoms with Crippen LogP contribution in [0.3, 0.4) is 0 Å². The third-order valence-corrected chi connectivity index (χ3v) is 3.45. The molecule has 3 heteroatoms. The molecular formula is C15H20ClNO. The maximum atomic E-state index is 6.23. The van der Waals surface area contributed by atoms with Gasteiger partial charge in [-0.1, -0.05) is 35.4 Å². The summed E-state index contributed by atoms with van der Waals surface area (Å²) < 4.78 is 5.46. The lowest BCUT2D eigenvalue weighted by atomic mass is 10.0. The van der Waals surface area contributed by atoms with Gasteiger partial charge in [0, 0.05) is 17.6 Å². The molecule has 1 aliphatic heterocycles. The van der Waals surface area contributed by atoms with E-state index in [0.717, 1.165) is 36.8 Å². The summed E-state index contributed by atoms with van der Waals surface area (Å²) in [5, 5.41) is 4.28. The molecule has 18 heavy (non-hydrogen) atoms. The second-order valence-corrected chi connectivity index (χ2v) is 5.35. The minimum atomic E-state index is 0.430. The fourth-order valence-corrected chi connectivity index (χ4v) is 2.50. The predicted octanol–water partition coefficient (Wildman–Crippen LogP) is 3.43. The van der Waals surface area contributed by atoms with Gasteiger partial charge in [0.2, 0.25) is 0 Å². The quantitative estimate of drug-likeness (QED) is 0.904. The van der Waals surface area contributed by atoms with Gasteiger partial charge < -0.3 is 10.1 Å². The van der Waals surface area contributed by atoms with Crippen LogP contribution in [0.15, 0.2) is 23.8 Å². The third-order valence-electron chi connectivity index (χ3n) is 3.12. The van der Waals surface area contributed by atoms with Gasteiger partial charge in [-0.05, 0) is 37.5 Å². The minimum Gasteiger partial charge on any atom is -0.379 e. The molecule has 0 spiro atoms. The molecule has 1 unspecified atom stereocenters. The van der Waals surface area contributed by atoms with Gasteiger partial charge >= 0.3 is 0 Å². The molecule has 2 rings (SSSR count). The Balaban J connectivity index is 2.02. The first-order valence-electron chi connectivity index (χ1n) is 6.39. The number of nitrogens with one attached hydrogen (secondary N) is 1. The first kappa shape index (κ1) is 13.6. The monoisotopic (exact) mass is 265 g/mol. The average Bonchev–Trinajstić information content (AvgIpc) is 2.34. The maximum Gasteiger partial charge on any atom is 0.0623 e. The zero-order valence-electron chi connectivity index (χ0n) is 11.0. The van der Waals surface area contributed by atoms with E-state index < -0.39 is 0 Å². The average molecular weight is 266 g/mol. The van der Waals surface area contributed by atoms with Gasteiger partial charge in [-0.2, -0.15) is 0 Å². The van der Waals surface area contributed by atoms with E-state index in [2.05, 4.69) is 37.4 Å². The van der Waals surface area contributed by atoms with Crippen molar-refractivity contribution in [3.05, 3.63) is 39.9 Å². The van der Waals surface area contributed by atoms with Crippen molar-refractivity contribution in [3.63, 3.8) is 0 Å². The number of benzene rings is 1. The molecule has 0 saturated carbocycles. The van der Waals surface area contributed by atoms with E-state index in [-0.39, 0.29) is 0 Å². The van der Waals surface area contributed by atoms with Crippen LogP contribution in [0.2, 0.25) is 5.02 Å². The van der Waals surface area contributed by atoms with Crippen LogP contribution in [0.1, 0.15) is 24.5 Å². The lowest BCUT2D eigenvalue weighted by molar-refractivity contribution is 0.0771. The molecule has 1 N–H and O–H groups in total. The van der Waals surface area contributed by atoms with E-state index in [9.17, 15) is 0 Å². The fraction of sp³-hybridized carbons (Fsp3) is 0.467. The number of rotatable bonds is 3. The number of hydrogen-bond acceptors (Lipinski definition) is 2. The SMILES string of the molecule is C/C(=C/c1ccc(C)cc1Cl)CC1COCCN1. The molecule has 0 radical (unpaired) electrons. The topological polar surface area (TPSA) is 21.3 Å². The Morgan fingerprint density at radius 2 is 2.39 bits per heavy atom. The zero-order chi connectivity index (χ0) is 13.0. The van der Waals surface area contributed by atoms with Gasteiger partial charge in [-0.3, -0.25) is 0 Å². The Bertz CT molecular complexity index is 436. The smallest absolute Gasteiger partial charge is 0.0623 e. The molecule has 1 fully saturated rings. The molecule has 1 aliphatic rings. The molecular weight excluding hydrogens is 246 g/mol. The van der Waals surface area contributed by atoms with Gasteiger partial charge in [0.05, 0.1) is 13.2 Å². The molecule has 0 bridgehead atoms. The van der Waals surface area contributed by atoms with Gasteiger partial charge in [-0.15, -0.1) is 0 Å². The van der Waals surface area contributed by atoms with E-state index in [1.165, 1.54) is 11.1 Å². The molecule has 0 aliphatic carbocycles. The lowest BCUT2D eigenvalue weighted by Crippen LogP contribution is -2.41. The highest BCUT2D eigenvalue weighted by Crippen LogP contribution is 2.21. The summed E-state index contributed by atoms with van der Waals surface area (Å²) in [5.41, 5.74) is 3.61. The highest BCUT2D eigenvalue weighted by molar-refractivity contribution is 6.32. The normalized spacial score (nSPS) is 21.1. The third kappa shape index (κ3) is 3.84. The van der Waals surface area contributed by atoms with Crippen molar-refractivity contribution < 1.29 is 4.74 Å². The Kier molecular flexibility index (Phi) is 4.81. The lowest BCUT2D eigenvalue weighted by Gasteiger charge is -2.24. The molecule has 0 aromatic heterocycles. The number of morpholine rings is 1. The van der Waals surface area contributed by atoms with Crippen molar-refractivity contribution >= 4 is 17.7 Å². The first-order chi connectivity index (χ1) is 8.65. The summed E-state index contributed by atoms with van der Waals surface area (Å²) in [4.78, 5) is 0. The van der Waals surface area contributed by atoms with Gasteiger partial charge in [0.1, 0.15) is 0 Å². The van der Waals surface area contributed by atoms with Crippen molar-refractivity contribution in [3.8, 4) is 0 Å². The highest BCUT2D eigenvalue weighted by Gasteiger charge is 2.13. The minimum absolute atomic E-state index is 0.430. The molecule has 1 heterocycles. The summed E-state index contributed by atoms with van der Waals surface area (Å²) in [7, 11) is 0. The summed E-state index contributed by atoms with van der Waals surface area (Å²) in [6.07, 6.45) is 3.17. The highest BCUT2D eigenvalue weighted by atomic mass is 35.5. The van der Waals surface area contributed by atoms with E-state index in [1.54, 1.807) is 0 Å². The summed E-state index contributed by atoms with van der Waals surface area (Å²) in [6.45, 7) is 6.76. The maximum absolute atomic E-state index is 6.23. The second kappa shape index (κ2) is 6.37. The Morgan fingerprint density at radius 1 is 1.56 bits per heavy atom. The Morgan fingerprint density at radius 3 is 3.06 bits per heavy atom. The van der Waals surface area contributed by atoms with Crippen LogP contribution >= 0.6 is 11.6 Å². The van der Waals surface area contributed by atoms with E-state index >= 15 is 0 Å². The largest absolute Gasteiger partial charge is 0.379 e. The van der Waals surface area contributed by atoms with Crippen LogP contribution in [0, 0.1) is 6.92 Å². The molecule has 1 atom stereocenters. The fourth-order valence-electron chi connectivity index (χ4n) is 2.21. The molecule has 1 saturated heterocycles. The molecule has 1 aromatic carbocycles. The van der Waals surface area contributed by atoms with Crippen molar-refractivity contribution in [1.82, 2.24) is 5.32 Å². The van der Waals surface area contributed by atoms with Crippen LogP contribution in [0.4, 0.5) is 0 Å². The van der Waals surface area contributed by atoms with E-state index in [1.807, 2.05) is 6.07 Å². The van der Waals surface area contributed by atoms with Crippen molar-refractivity contribution in [1.29, 1.82) is 0 Å². The molecule has 1 aromatic rings. The van der Waals surface area contributed by atoms with Crippen LogP contribution in [0.25, 0.3) is 6.08 Å².